The molecule has 0 saturated carbocycles. The number of likely N-dealkylation sites (tertiary alicyclic amines) is 1. The largest absolute Gasteiger partial charge is 0.465 e. The molecule has 7 nitrogen and oxygen atoms in total. The molecule has 1 fully saturated rings. The number of amides is 1. The van der Waals surface area contributed by atoms with Crippen LogP contribution in [0, 0.1) is 0 Å². The first-order valence-electron chi connectivity index (χ1n) is 6.54. The summed E-state index contributed by atoms with van der Waals surface area (Å²) in [6.45, 7) is 0.138. The number of nitrogens with two attached hydrogens (primary N) is 1. The van der Waals surface area contributed by atoms with Crippen molar-refractivity contribution in [2.24, 2.45) is 5.84 Å². The molecule has 1 aliphatic heterocycles. The summed E-state index contributed by atoms with van der Waals surface area (Å²) >= 11 is 0. The summed E-state index contributed by atoms with van der Waals surface area (Å²) in [7, 11) is 0. The number of nitrogens with one attached hydrogen (secondary N) is 2. The lowest BCUT2D eigenvalue weighted by atomic mass is 10.1. The number of carbonyl (C=O) groups is 1. The lowest BCUT2D eigenvalue weighted by molar-refractivity contribution is -0.183. The third-order valence-electron chi connectivity index (χ3n) is 3.47. The Bertz CT molecular complexity index is 522. The molecule has 5 N–H and O–H groups in total. The fourth-order valence-corrected chi connectivity index (χ4v) is 2.57. The number of rotatable bonds is 4. The number of anilines is 1. The van der Waals surface area contributed by atoms with Crippen LogP contribution in [0.5, 0.6) is 0 Å². The van der Waals surface area contributed by atoms with Crippen molar-refractivity contribution in [2.75, 3.05) is 18.5 Å². The Morgan fingerprint density at radius 2 is 2.23 bits per heavy atom. The molecule has 0 aliphatic carbocycles. The number of pyridine rings is 1. The summed E-state index contributed by atoms with van der Waals surface area (Å²) in [5, 5.41) is 10.9. The van der Waals surface area contributed by atoms with E-state index in [1.165, 1.54) is 17.0 Å². The van der Waals surface area contributed by atoms with Gasteiger partial charge in [-0.05, 0) is 18.1 Å². The van der Waals surface area contributed by atoms with Gasteiger partial charge in [0.15, 0.2) is 0 Å². The van der Waals surface area contributed by atoms with E-state index in [1.54, 1.807) is 0 Å². The molecule has 2 atom stereocenters. The summed E-state index contributed by atoms with van der Waals surface area (Å²) in [6, 6.07) is 0.322. The van der Waals surface area contributed by atoms with Gasteiger partial charge in [0.25, 0.3) is 0 Å². The van der Waals surface area contributed by atoms with Gasteiger partial charge in [-0.1, -0.05) is 6.07 Å². The molecule has 1 aromatic rings. The van der Waals surface area contributed by atoms with Crippen molar-refractivity contribution in [2.45, 2.75) is 24.7 Å². The SMILES string of the molecule is NNc1ccc([C@H](N2CC[C@H](NC(=O)O)C2)C(F)(F)F)cn1. The first kappa shape index (κ1) is 16.3. The van der Waals surface area contributed by atoms with Gasteiger partial charge in [0.2, 0.25) is 0 Å². The average Bonchev–Trinajstić information content (AvgIpc) is 2.85. The summed E-state index contributed by atoms with van der Waals surface area (Å²) in [5.41, 5.74) is 2.24. The highest BCUT2D eigenvalue weighted by Gasteiger charge is 2.47. The third kappa shape index (κ3) is 3.77. The van der Waals surface area contributed by atoms with Crippen molar-refractivity contribution in [1.82, 2.24) is 15.2 Å². The molecular weight excluding hydrogens is 303 g/mol. The topological polar surface area (TPSA) is 104 Å². The van der Waals surface area contributed by atoms with Gasteiger partial charge in [0, 0.05) is 25.3 Å². The number of hydrazine groups is 1. The highest BCUT2D eigenvalue weighted by molar-refractivity contribution is 5.64. The standard InChI is InChI=1S/C12H16F3N5O2/c13-12(14,15)10(7-1-2-9(19-16)17-5-7)20-4-3-8(6-20)18-11(21)22/h1-2,5,8,10,18H,3-4,6,16H2,(H,17,19)(H,21,22)/t8-,10-/m0/s1. The maximum Gasteiger partial charge on any atom is 0.408 e. The molecule has 0 unspecified atom stereocenters. The molecule has 0 aromatic carbocycles. The number of hydrogen-bond acceptors (Lipinski definition) is 5. The van der Waals surface area contributed by atoms with Crippen LogP contribution in [0.25, 0.3) is 0 Å². The Kier molecular flexibility index (Phi) is 4.71. The Morgan fingerprint density at radius 1 is 1.50 bits per heavy atom. The Labute approximate surface area is 124 Å². The molecule has 1 amide bonds. The van der Waals surface area contributed by atoms with Crippen molar-refractivity contribution in [3.8, 4) is 0 Å². The number of alkyl halides is 3. The van der Waals surface area contributed by atoms with Crippen LogP contribution in [-0.2, 0) is 0 Å². The highest BCUT2D eigenvalue weighted by atomic mass is 19.4. The van der Waals surface area contributed by atoms with Crippen molar-refractivity contribution in [3.05, 3.63) is 23.9 Å². The molecule has 2 heterocycles. The molecule has 22 heavy (non-hydrogen) atoms. The van der Waals surface area contributed by atoms with Gasteiger partial charge in [-0.15, -0.1) is 0 Å². The van der Waals surface area contributed by atoms with Crippen LogP contribution < -0.4 is 16.6 Å². The van der Waals surface area contributed by atoms with Gasteiger partial charge >= 0.3 is 12.3 Å². The van der Waals surface area contributed by atoms with E-state index in [9.17, 15) is 18.0 Å². The third-order valence-corrected chi connectivity index (χ3v) is 3.47. The van der Waals surface area contributed by atoms with E-state index in [-0.39, 0.29) is 24.5 Å². The Hall–Kier alpha value is -2.07. The molecule has 0 spiro atoms. The Morgan fingerprint density at radius 3 is 2.73 bits per heavy atom. The van der Waals surface area contributed by atoms with Gasteiger partial charge in [-0.2, -0.15) is 13.2 Å². The number of nitrogen functional groups attached to an aromatic ring is 1. The lowest BCUT2D eigenvalue weighted by Crippen LogP contribution is -2.40. The molecule has 1 saturated heterocycles. The second-order valence-corrected chi connectivity index (χ2v) is 5.00. The van der Waals surface area contributed by atoms with Crippen molar-refractivity contribution in [1.29, 1.82) is 0 Å². The van der Waals surface area contributed by atoms with E-state index in [0.29, 0.717) is 6.42 Å². The second-order valence-electron chi connectivity index (χ2n) is 5.00. The van der Waals surface area contributed by atoms with E-state index in [4.69, 9.17) is 10.9 Å². The molecule has 122 valence electrons. The van der Waals surface area contributed by atoms with Gasteiger partial charge in [0.05, 0.1) is 0 Å². The van der Waals surface area contributed by atoms with Gasteiger partial charge in [0.1, 0.15) is 11.9 Å². The van der Waals surface area contributed by atoms with Crippen LogP contribution in [0.15, 0.2) is 18.3 Å². The lowest BCUT2D eigenvalue weighted by Gasteiger charge is -2.30. The predicted octanol–water partition coefficient (Wildman–Crippen LogP) is 1.31. The molecule has 0 bridgehead atoms. The number of nitrogens with zero attached hydrogens (tertiary/aromatic N) is 2. The zero-order chi connectivity index (χ0) is 16.3. The van der Waals surface area contributed by atoms with Crippen molar-refractivity contribution >= 4 is 11.9 Å². The molecule has 1 aliphatic rings. The average molecular weight is 319 g/mol. The van der Waals surface area contributed by atoms with E-state index in [2.05, 4.69) is 15.7 Å². The van der Waals surface area contributed by atoms with Crippen LogP contribution in [-0.4, -0.2) is 46.4 Å². The molecular formula is C12H16F3N5O2. The molecule has 1 aromatic heterocycles. The van der Waals surface area contributed by atoms with Crippen LogP contribution >= 0.6 is 0 Å². The Balaban J connectivity index is 2.18. The number of aromatic nitrogens is 1. The van der Waals surface area contributed by atoms with E-state index < -0.39 is 24.4 Å². The summed E-state index contributed by atoms with van der Waals surface area (Å²) in [5.74, 6) is 5.40. The fraction of sp³-hybridized carbons (Fsp3) is 0.500. The maximum atomic E-state index is 13.4. The minimum Gasteiger partial charge on any atom is -0.465 e. The number of carboxylic acid groups (broad SMARTS) is 1. The maximum absolute atomic E-state index is 13.4. The van der Waals surface area contributed by atoms with Gasteiger partial charge in [-0.3, -0.25) is 4.90 Å². The first-order chi connectivity index (χ1) is 10.3. The number of halogens is 3. The monoisotopic (exact) mass is 319 g/mol. The highest BCUT2D eigenvalue weighted by Crippen LogP contribution is 2.39. The summed E-state index contributed by atoms with van der Waals surface area (Å²) in [6.07, 6.45) is -4.28. The quantitative estimate of drug-likeness (QED) is 0.493. The van der Waals surface area contributed by atoms with E-state index in [1.807, 2.05) is 0 Å². The van der Waals surface area contributed by atoms with Crippen LogP contribution in [0.2, 0.25) is 0 Å². The fourth-order valence-electron chi connectivity index (χ4n) is 2.57. The van der Waals surface area contributed by atoms with E-state index in [0.717, 1.165) is 6.20 Å². The first-order valence-corrected chi connectivity index (χ1v) is 6.54. The predicted molar refractivity (Wildman–Crippen MR) is 72.0 cm³/mol. The molecule has 2 rings (SSSR count). The minimum atomic E-state index is -4.49. The van der Waals surface area contributed by atoms with Crippen molar-refractivity contribution < 1.29 is 23.1 Å². The van der Waals surface area contributed by atoms with Crippen LogP contribution in [0.4, 0.5) is 23.8 Å². The summed E-state index contributed by atoms with van der Waals surface area (Å²) < 4.78 is 40.1. The zero-order valence-electron chi connectivity index (χ0n) is 11.5. The molecule has 0 radical (unpaired) electrons. The second kappa shape index (κ2) is 6.36. The molecule has 10 heteroatoms. The van der Waals surface area contributed by atoms with Crippen LogP contribution in [0.1, 0.15) is 18.0 Å². The smallest absolute Gasteiger partial charge is 0.408 e. The number of hydrogen-bond donors (Lipinski definition) is 4. The summed E-state index contributed by atoms with van der Waals surface area (Å²) in [4.78, 5) is 15.6. The van der Waals surface area contributed by atoms with Gasteiger partial charge < -0.3 is 15.8 Å². The minimum absolute atomic E-state index is 0.00658. The van der Waals surface area contributed by atoms with E-state index >= 15 is 0 Å². The van der Waals surface area contributed by atoms with Crippen LogP contribution in [0.3, 0.4) is 0 Å². The normalized spacial score (nSPS) is 20.6. The van der Waals surface area contributed by atoms with Crippen molar-refractivity contribution in [3.63, 3.8) is 0 Å². The zero-order valence-corrected chi connectivity index (χ0v) is 11.5. The van der Waals surface area contributed by atoms with Gasteiger partial charge in [-0.25, -0.2) is 15.6 Å².